The Morgan fingerprint density at radius 2 is 1.74 bits per heavy atom. The Kier molecular flexibility index (Phi) is 6.46. The van der Waals surface area contributed by atoms with E-state index in [1.54, 1.807) is 28.6 Å². The van der Waals surface area contributed by atoms with Crippen LogP contribution in [-0.4, -0.2) is 58.8 Å². The van der Waals surface area contributed by atoms with Gasteiger partial charge < -0.3 is 9.47 Å². The maximum absolute atomic E-state index is 12.9. The molecule has 0 aliphatic carbocycles. The van der Waals surface area contributed by atoms with Crippen LogP contribution < -0.4 is 4.90 Å². The summed E-state index contributed by atoms with van der Waals surface area (Å²) in [5.74, 6) is 0.993. The van der Waals surface area contributed by atoms with E-state index in [1.807, 2.05) is 34.6 Å². The molecule has 1 fully saturated rings. The number of anilines is 1. The van der Waals surface area contributed by atoms with Crippen LogP contribution in [0.4, 0.5) is 5.69 Å². The Labute approximate surface area is 204 Å². The number of para-hydroxylation sites is 1. The van der Waals surface area contributed by atoms with Gasteiger partial charge in [0.2, 0.25) is 15.9 Å². The van der Waals surface area contributed by atoms with E-state index in [9.17, 15) is 13.2 Å². The molecule has 8 nitrogen and oxygen atoms in total. The molecule has 1 aromatic heterocycles. The van der Waals surface area contributed by atoms with Gasteiger partial charge >= 0.3 is 0 Å². The van der Waals surface area contributed by atoms with Crippen LogP contribution in [0.5, 0.6) is 0 Å². The second-order valence-electron chi connectivity index (χ2n) is 8.40. The van der Waals surface area contributed by atoms with Crippen molar-refractivity contribution in [2.75, 3.05) is 30.3 Å². The fraction of sp³-hybridized carbons (Fsp3) is 0.375. The number of carbonyl (C=O) groups excluding carboxylic acids is 1. The summed E-state index contributed by atoms with van der Waals surface area (Å²) in [5.41, 5.74) is 2.99. The van der Waals surface area contributed by atoms with E-state index in [-0.39, 0.29) is 11.7 Å². The number of aromatic nitrogens is 3. The van der Waals surface area contributed by atoms with Crippen molar-refractivity contribution >= 4 is 33.4 Å². The predicted octanol–water partition coefficient (Wildman–Crippen LogP) is 3.43. The maximum Gasteiger partial charge on any atom is 0.243 e. The summed E-state index contributed by atoms with van der Waals surface area (Å²) in [6.45, 7) is 4.51. The normalized spacial score (nSPS) is 16.2. The third kappa shape index (κ3) is 4.25. The van der Waals surface area contributed by atoms with Crippen LogP contribution in [0.1, 0.15) is 25.3 Å². The van der Waals surface area contributed by atoms with Gasteiger partial charge in [0.05, 0.1) is 10.6 Å². The van der Waals surface area contributed by atoms with Crippen molar-refractivity contribution in [2.45, 2.75) is 42.8 Å². The lowest BCUT2D eigenvalue weighted by Gasteiger charge is -2.17. The SMILES string of the molecule is CCn1c(SCC(=O)N2CCc3ccccc32)nnc1-c1ccc(S(=O)(=O)N2CCCC2)cc1. The van der Waals surface area contributed by atoms with Crippen LogP contribution >= 0.6 is 11.8 Å². The highest BCUT2D eigenvalue weighted by Gasteiger charge is 2.28. The summed E-state index contributed by atoms with van der Waals surface area (Å²) < 4.78 is 29.1. The highest BCUT2D eigenvalue weighted by atomic mass is 32.2. The molecule has 2 aliphatic rings. The summed E-state index contributed by atoms with van der Waals surface area (Å²) in [6, 6.07) is 14.8. The zero-order valence-electron chi connectivity index (χ0n) is 19.1. The average molecular weight is 498 g/mol. The number of nitrogens with zero attached hydrogens (tertiary/aromatic N) is 5. The molecule has 1 amide bonds. The Hall–Kier alpha value is -2.69. The standard InChI is InChI=1S/C24H27N5O3S2/c1-2-28-23(19-9-11-20(12-10-19)34(31,32)27-14-5-6-15-27)25-26-24(28)33-17-22(30)29-16-13-18-7-3-4-8-21(18)29/h3-4,7-12H,2,5-6,13-17H2,1H3. The van der Waals surface area contributed by atoms with Crippen molar-refractivity contribution in [3.05, 3.63) is 54.1 Å². The highest BCUT2D eigenvalue weighted by molar-refractivity contribution is 7.99. The van der Waals surface area contributed by atoms with Gasteiger partial charge in [-0.05, 0) is 62.1 Å². The zero-order chi connectivity index (χ0) is 23.7. The van der Waals surface area contributed by atoms with Gasteiger partial charge in [-0.1, -0.05) is 30.0 Å². The lowest BCUT2D eigenvalue weighted by molar-refractivity contribution is -0.116. The lowest BCUT2D eigenvalue weighted by Crippen LogP contribution is -2.30. The van der Waals surface area contributed by atoms with E-state index in [0.29, 0.717) is 42.1 Å². The van der Waals surface area contributed by atoms with Crippen molar-refractivity contribution in [1.82, 2.24) is 19.1 Å². The minimum atomic E-state index is -3.45. The van der Waals surface area contributed by atoms with Crippen LogP contribution in [0.2, 0.25) is 0 Å². The molecule has 0 unspecified atom stereocenters. The minimum Gasteiger partial charge on any atom is -0.311 e. The minimum absolute atomic E-state index is 0.0543. The molecular formula is C24H27N5O3S2. The molecule has 0 saturated carbocycles. The number of amides is 1. The molecule has 0 N–H and O–H groups in total. The topological polar surface area (TPSA) is 88.4 Å². The fourth-order valence-electron chi connectivity index (χ4n) is 4.55. The largest absolute Gasteiger partial charge is 0.311 e. The first kappa shape index (κ1) is 23.1. The third-order valence-electron chi connectivity index (χ3n) is 6.36. The maximum atomic E-state index is 12.9. The number of carbonyl (C=O) groups is 1. The number of benzene rings is 2. The number of hydrogen-bond acceptors (Lipinski definition) is 6. The van der Waals surface area contributed by atoms with Crippen LogP contribution in [-0.2, 0) is 27.8 Å². The second-order valence-corrected chi connectivity index (χ2v) is 11.3. The summed E-state index contributed by atoms with van der Waals surface area (Å²) in [5, 5.41) is 9.34. The van der Waals surface area contributed by atoms with Gasteiger partial charge in [-0.25, -0.2) is 8.42 Å². The van der Waals surface area contributed by atoms with Crippen molar-refractivity contribution in [2.24, 2.45) is 0 Å². The number of hydrogen-bond donors (Lipinski definition) is 0. The van der Waals surface area contributed by atoms with Gasteiger partial charge in [0, 0.05) is 37.4 Å². The van der Waals surface area contributed by atoms with Gasteiger partial charge in [-0.3, -0.25) is 4.79 Å². The summed E-state index contributed by atoms with van der Waals surface area (Å²) in [4.78, 5) is 15.0. The Morgan fingerprint density at radius 3 is 2.47 bits per heavy atom. The van der Waals surface area contributed by atoms with Crippen molar-refractivity contribution in [1.29, 1.82) is 0 Å². The second kappa shape index (κ2) is 9.52. The van der Waals surface area contributed by atoms with E-state index in [2.05, 4.69) is 16.3 Å². The van der Waals surface area contributed by atoms with Gasteiger partial charge in [0.1, 0.15) is 0 Å². The first-order valence-corrected chi connectivity index (χ1v) is 14.0. The van der Waals surface area contributed by atoms with Gasteiger partial charge in [-0.2, -0.15) is 4.31 Å². The predicted molar refractivity (Wildman–Crippen MR) is 132 cm³/mol. The number of fused-ring (bicyclic) bond motifs is 1. The lowest BCUT2D eigenvalue weighted by atomic mass is 10.2. The average Bonchev–Trinajstić information content (AvgIpc) is 3.62. The molecule has 5 rings (SSSR count). The summed E-state index contributed by atoms with van der Waals surface area (Å²) in [6.07, 6.45) is 2.69. The Balaban J connectivity index is 1.30. The molecule has 3 heterocycles. The first-order valence-electron chi connectivity index (χ1n) is 11.5. The number of thioether (sulfide) groups is 1. The molecule has 34 heavy (non-hydrogen) atoms. The molecule has 0 spiro atoms. The molecular weight excluding hydrogens is 470 g/mol. The quantitative estimate of drug-likeness (QED) is 0.465. The van der Waals surface area contributed by atoms with Crippen LogP contribution in [0, 0.1) is 0 Å². The van der Waals surface area contributed by atoms with E-state index >= 15 is 0 Å². The van der Waals surface area contributed by atoms with E-state index in [1.165, 1.54) is 17.3 Å². The van der Waals surface area contributed by atoms with Crippen molar-refractivity contribution < 1.29 is 13.2 Å². The molecule has 0 atom stereocenters. The van der Waals surface area contributed by atoms with Crippen LogP contribution in [0.3, 0.4) is 0 Å². The summed E-state index contributed by atoms with van der Waals surface area (Å²) >= 11 is 1.38. The molecule has 1 saturated heterocycles. The molecule has 178 valence electrons. The summed E-state index contributed by atoms with van der Waals surface area (Å²) in [7, 11) is -3.45. The smallest absolute Gasteiger partial charge is 0.243 e. The van der Waals surface area contributed by atoms with E-state index in [0.717, 1.165) is 30.5 Å². The molecule has 10 heteroatoms. The monoisotopic (exact) mass is 497 g/mol. The fourth-order valence-corrected chi connectivity index (χ4v) is 6.94. The van der Waals surface area contributed by atoms with Crippen LogP contribution in [0.15, 0.2) is 58.6 Å². The van der Waals surface area contributed by atoms with Crippen molar-refractivity contribution in [3.63, 3.8) is 0 Å². The number of sulfonamides is 1. The first-order chi connectivity index (χ1) is 16.5. The van der Waals surface area contributed by atoms with Crippen LogP contribution in [0.25, 0.3) is 11.4 Å². The van der Waals surface area contributed by atoms with Gasteiger partial charge in [0.25, 0.3) is 0 Å². The Morgan fingerprint density at radius 1 is 1.00 bits per heavy atom. The van der Waals surface area contributed by atoms with Gasteiger partial charge in [0.15, 0.2) is 11.0 Å². The Bertz CT molecular complexity index is 1300. The highest BCUT2D eigenvalue weighted by Crippen LogP contribution is 2.30. The zero-order valence-corrected chi connectivity index (χ0v) is 20.7. The number of rotatable bonds is 7. The molecule has 0 radical (unpaired) electrons. The third-order valence-corrected chi connectivity index (χ3v) is 9.23. The molecule has 2 aromatic carbocycles. The molecule has 3 aromatic rings. The van der Waals surface area contributed by atoms with Gasteiger partial charge in [-0.15, -0.1) is 10.2 Å². The molecule has 0 bridgehead atoms. The van der Waals surface area contributed by atoms with E-state index < -0.39 is 10.0 Å². The van der Waals surface area contributed by atoms with Crippen molar-refractivity contribution in [3.8, 4) is 11.4 Å². The van der Waals surface area contributed by atoms with E-state index in [4.69, 9.17) is 0 Å². The molecule has 2 aliphatic heterocycles.